The molecule has 2 N–H and O–H groups in total. The van der Waals surface area contributed by atoms with E-state index in [9.17, 15) is 4.79 Å². The monoisotopic (exact) mass is 273 g/mol. The standard InChI is InChI=1S/C15H15NO4/c1-19-13-7-6-12(9-14(13)20-2)16-11-5-3-4-10(8-11)15(17)18/h3-9,16H,1-2H3,(H,17,18). The van der Waals surface area contributed by atoms with E-state index in [1.165, 1.54) is 0 Å². The van der Waals surface area contributed by atoms with Crippen molar-refractivity contribution in [3.63, 3.8) is 0 Å². The van der Waals surface area contributed by atoms with Gasteiger partial charge < -0.3 is 19.9 Å². The van der Waals surface area contributed by atoms with Crippen LogP contribution in [0.3, 0.4) is 0 Å². The molecule has 0 aliphatic heterocycles. The van der Waals surface area contributed by atoms with Gasteiger partial charge in [-0.25, -0.2) is 4.79 Å². The zero-order chi connectivity index (χ0) is 14.5. The topological polar surface area (TPSA) is 67.8 Å². The van der Waals surface area contributed by atoms with Gasteiger partial charge in [-0.15, -0.1) is 0 Å². The van der Waals surface area contributed by atoms with Crippen LogP contribution in [0.4, 0.5) is 11.4 Å². The summed E-state index contributed by atoms with van der Waals surface area (Å²) in [5.74, 6) is 0.283. The number of carboxylic acid groups (broad SMARTS) is 1. The molecule has 0 heterocycles. The summed E-state index contributed by atoms with van der Waals surface area (Å²) in [7, 11) is 3.13. The van der Waals surface area contributed by atoms with Gasteiger partial charge in [0.15, 0.2) is 11.5 Å². The third-order valence-corrected chi connectivity index (χ3v) is 2.78. The Morgan fingerprint density at radius 3 is 2.35 bits per heavy atom. The molecular formula is C15H15NO4. The van der Waals surface area contributed by atoms with Gasteiger partial charge in [0.1, 0.15) is 0 Å². The van der Waals surface area contributed by atoms with Crippen molar-refractivity contribution in [2.24, 2.45) is 0 Å². The quantitative estimate of drug-likeness (QED) is 0.876. The fraction of sp³-hybridized carbons (Fsp3) is 0.133. The zero-order valence-electron chi connectivity index (χ0n) is 11.2. The molecule has 0 amide bonds. The maximum atomic E-state index is 10.9. The Morgan fingerprint density at radius 1 is 1.00 bits per heavy atom. The van der Waals surface area contributed by atoms with Crippen LogP contribution in [0.2, 0.25) is 0 Å². The molecule has 2 aromatic rings. The van der Waals surface area contributed by atoms with Crippen LogP contribution < -0.4 is 14.8 Å². The number of carbonyl (C=O) groups is 1. The van der Waals surface area contributed by atoms with E-state index in [0.717, 1.165) is 5.69 Å². The number of benzene rings is 2. The average molecular weight is 273 g/mol. The lowest BCUT2D eigenvalue weighted by molar-refractivity contribution is 0.0697. The smallest absolute Gasteiger partial charge is 0.335 e. The highest BCUT2D eigenvalue weighted by molar-refractivity contribution is 5.89. The van der Waals surface area contributed by atoms with E-state index in [0.29, 0.717) is 17.2 Å². The van der Waals surface area contributed by atoms with Gasteiger partial charge in [-0.2, -0.15) is 0 Å². The molecule has 5 heteroatoms. The second-order valence-corrected chi connectivity index (χ2v) is 4.08. The summed E-state index contributed by atoms with van der Waals surface area (Å²) in [6.45, 7) is 0. The number of anilines is 2. The Hall–Kier alpha value is -2.69. The van der Waals surface area contributed by atoms with Crippen LogP contribution in [0.15, 0.2) is 42.5 Å². The molecule has 0 fully saturated rings. The number of methoxy groups -OCH3 is 2. The largest absolute Gasteiger partial charge is 0.493 e. The Kier molecular flexibility index (Phi) is 4.10. The summed E-state index contributed by atoms with van der Waals surface area (Å²) in [4.78, 5) is 10.9. The van der Waals surface area contributed by atoms with Gasteiger partial charge in [-0.3, -0.25) is 0 Å². The molecule has 0 saturated heterocycles. The van der Waals surface area contributed by atoms with Crippen LogP contribution in [0.1, 0.15) is 10.4 Å². The molecule has 0 atom stereocenters. The summed E-state index contributed by atoms with van der Waals surface area (Å²) in [5.41, 5.74) is 1.71. The van der Waals surface area contributed by atoms with E-state index in [1.807, 2.05) is 6.07 Å². The molecule has 0 spiro atoms. The van der Waals surface area contributed by atoms with Crippen molar-refractivity contribution in [1.82, 2.24) is 0 Å². The number of rotatable bonds is 5. The SMILES string of the molecule is COc1ccc(Nc2cccc(C(=O)O)c2)cc1OC. The molecule has 0 bridgehead atoms. The molecule has 20 heavy (non-hydrogen) atoms. The third kappa shape index (κ3) is 3.00. The van der Waals surface area contributed by atoms with Crippen molar-refractivity contribution in [2.75, 3.05) is 19.5 Å². The lowest BCUT2D eigenvalue weighted by atomic mass is 10.2. The van der Waals surface area contributed by atoms with E-state index in [-0.39, 0.29) is 5.56 Å². The molecule has 0 aliphatic carbocycles. The minimum Gasteiger partial charge on any atom is -0.493 e. The van der Waals surface area contributed by atoms with Gasteiger partial charge in [0.05, 0.1) is 19.8 Å². The van der Waals surface area contributed by atoms with E-state index in [4.69, 9.17) is 14.6 Å². The fourth-order valence-corrected chi connectivity index (χ4v) is 1.81. The number of hydrogen-bond acceptors (Lipinski definition) is 4. The molecule has 0 radical (unpaired) electrons. The summed E-state index contributed by atoms with van der Waals surface area (Å²) in [5, 5.41) is 12.1. The minimum absolute atomic E-state index is 0.232. The van der Waals surface area contributed by atoms with Crippen LogP contribution >= 0.6 is 0 Å². The van der Waals surface area contributed by atoms with Crippen LogP contribution in [0.25, 0.3) is 0 Å². The van der Waals surface area contributed by atoms with Gasteiger partial charge in [0.25, 0.3) is 0 Å². The molecule has 2 rings (SSSR count). The maximum Gasteiger partial charge on any atom is 0.335 e. The third-order valence-electron chi connectivity index (χ3n) is 2.78. The number of aromatic carboxylic acids is 1. The molecule has 0 saturated carbocycles. The minimum atomic E-state index is -0.957. The van der Waals surface area contributed by atoms with E-state index in [2.05, 4.69) is 5.32 Å². The van der Waals surface area contributed by atoms with E-state index in [1.54, 1.807) is 50.6 Å². The Balaban J connectivity index is 2.25. The molecule has 0 unspecified atom stereocenters. The number of carboxylic acids is 1. The summed E-state index contributed by atoms with van der Waals surface area (Å²) < 4.78 is 10.4. The second kappa shape index (κ2) is 5.97. The highest BCUT2D eigenvalue weighted by atomic mass is 16.5. The Labute approximate surface area is 116 Å². The molecule has 104 valence electrons. The first kappa shape index (κ1) is 13.7. The number of hydrogen-bond donors (Lipinski definition) is 2. The van der Waals surface area contributed by atoms with E-state index < -0.39 is 5.97 Å². The van der Waals surface area contributed by atoms with Gasteiger partial charge in [-0.05, 0) is 30.3 Å². The van der Waals surface area contributed by atoms with Gasteiger partial charge in [-0.1, -0.05) is 6.07 Å². The lowest BCUT2D eigenvalue weighted by Gasteiger charge is -2.11. The Bertz CT molecular complexity index is 625. The van der Waals surface area contributed by atoms with Crippen LogP contribution in [0.5, 0.6) is 11.5 Å². The molecular weight excluding hydrogens is 258 g/mol. The van der Waals surface area contributed by atoms with Crippen molar-refractivity contribution < 1.29 is 19.4 Å². The predicted molar refractivity (Wildman–Crippen MR) is 76.2 cm³/mol. The summed E-state index contributed by atoms with van der Waals surface area (Å²) >= 11 is 0. The fourth-order valence-electron chi connectivity index (χ4n) is 1.81. The molecule has 0 aromatic heterocycles. The zero-order valence-corrected chi connectivity index (χ0v) is 11.2. The first-order valence-electron chi connectivity index (χ1n) is 5.96. The number of nitrogens with one attached hydrogen (secondary N) is 1. The van der Waals surface area contributed by atoms with Crippen molar-refractivity contribution in [1.29, 1.82) is 0 Å². The second-order valence-electron chi connectivity index (χ2n) is 4.08. The summed E-state index contributed by atoms with van der Waals surface area (Å²) in [6, 6.07) is 12.0. The first-order valence-corrected chi connectivity index (χ1v) is 5.96. The van der Waals surface area contributed by atoms with Crippen LogP contribution in [0, 0.1) is 0 Å². The lowest BCUT2D eigenvalue weighted by Crippen LogP contribution is -1.98. The van der Waals surface area contributed by atoms with Crippen molar-refractivity contribution in [3.05, 3.63) is 48.0 Å². The van der Waals surface area contributed by atoms with Gasteiger partial charge >= 0.3 is 5.97 Å². The van der Waals surface area contributed by atoms with Crippen molar-refractivity contribution >= 4 is 17.3 Å². The maximum absolute atomic E-state index is 10.9. The average Bonchev–Trinajstić information content (AvgIpc) is 2.47. The van der Waals surface area contributed by atoms with Gasteiger partial charge in [0.2, 0.25) is 0 Å². The van der Waals surface area contributed by atoms with Crippen molar-refractivity contribution in [3.8, 4) is 11.5 Å². The highest BCUT2D eigenvalue weighted by Crippen LogP contribution is 2.31. The molecule has 5 nitrogen and oxygen atoms in total. The van der Waals surface area contributed by atoms with Crippen LogP contribution in [-0.2, 0) is 0 Å². The van der Waals surface area contributed by atoms with Gasteiger partial charge in [0, 0.05) is 17.4 Å². The molecule has 0 aliphatic rings. The first-order chi connectivity index (χ1) is 9.63. The normalized spacial score (nSPS) is 9.90. The Morgan fingerprint density at radius 2 is 1.70 bits per heavy atom. The number of ether oxygens (including phenoxy) is 2. The molecule has 2 aromatic carbocycles. The van der Waals surface area contributed by atoms with Crippen molar-refractivity contribution in [2.45, 2.75) is 0 Å². The summed E-state index contributed by atoms with van der Waals surface area (Å²) in [6.07, 6.45) is 0. The van der Waals surface area contributed by atoms with Crippen LogP contribution in [-0.4, -0.2) is 25.3 Å². The predicted octanol–water partition coefficient (Wildman–Crippen LogP) is 3.15. The highest BCUT2D eigenvalue weighted by Gasteiger charge is 2.06. The van der Waals surface area contributed by atoms with E-state index >= 15 is 0 Å².